The Hall–Kier alpha value is -3.86. The number of carbonyl (C=O) groups excluding carboxylic acids is 1. The van der Waals surface area contributed by atoms with Crippen molar-refractivity contribution in [2.75, 3.05) is 30.9 Å². The number of carbonyl (C=O) groups is 1. The molecule has 3 aromatic carbocycles. The van der Waals surface area contributed by atoms with Crippen molar-refractivity contribution in [2.45, 2.75) is 44.1 Å². The Balaban J connectivity index is 1.16. The lowest BCUT2D eigenvalue weighted by Crippen LogP contribution is -2.37. The fourth-order valence-corrected chi connectivity index (χ4v) is 5.59. The van der Waals surface area contributed by atoms with E-state index in [9.17, 15) is 4.79 Å². The number of anilines is 2. The van der Waals surface area contributed by atoms with Crippen LogP contribution in [0.3, 0.4) is 0 Å². The summed E-state index contributed by atoms with van der Waals surface area (Å²) < 4.78 is 0. The van der Waals surface area contributed by atoms with E-state index in [1.807, 2.05) is 42.5 Å². The van der Waals surface area contributed by atoms with E-state index in [0.717, 1.165) is 49.1 Å². The highest BCUT2D eigenvalue weighted by Gasteiger charge is 2.25. The molecule has 1 aliphatic rings. The molecule has 5 heteroatoms. The molecule has 1 fully saturated rings. The average molecular weight is 507 g/mol. The lowest BCUT2D eigenvalue weighted by Gasteiger charge is -2.30. The molecule has 5 rings (SSSR count). The summed E-state index contributed by atoms with van der Waals surface area (Å²) in [5, 5.41) is 8.16. The van der Waals surface area contributed by atoms with Crippen LogP contribution in [0.5, 0.6) is 0 Å². The topological polar surface area (TPSA) is 57.3 Å². The van der Waals surface area contributed by atoms with Crippen LogP contribution in [0.4, 0.5) is 11.5 Å². The fraction of sp³-hybridized carbons (Fsp3) is 0.333. The second-order valence-corrected chi connectivity index (χ2v) is 10.7. The first kappa shape index (κ1) is 25.8. The molecule has 1 unspecified atom stereocenters. The van der Waals surface area contributed by atoms with Crippen LogP contribution in [0.15, 0.2) is 91.0 Å². The zero-order valence-corrected chi connectivity index (χ0v) is 22.4. The van der Waals surface area contributed by atoms with Gasteiger partial charge in [0.25, 0.3) is 0 Å². The van der Waals surface area contributed by atoms with Crippen molar-refractivity contribution in [3.05, 3.63) is 102 Å². The van der Waals surface area contributed by atoms with Crippen molar-refractivity contribution in [3.8, 4) is 0 Å². The third kappa shape index (κ3) is 6.34. The zero-order valence-electron chi connectivity index (χ0n) is 22.4. The molecule has 38 heavy (non-hydrogen) atoms. The highest BCUT2D eigenvalue weighted by molar-refractivity contribution is 5.93. The number of pyridine rings is 1. The van der Waals surface area contributed by atoms with Crippen molar-refractivity contribution in [1.29, 1.82) is 0 Å². The van der Waals surface area contributed by atoms with Gasteiger partial charge in [-0.1, -0.05) is 78.9 Å². The summed E-state index contributed by atoms with van der Waals surface area (Å²) in [4.78, 5) is 20.4. The smallest absolute Gasteiger partial charge is 0.227 e. The van der Waals surface area contributed by atoms with Gasteiger partial charge in [0.15, 0.2) is 0 Å². The number of amides is 1. The predicted molar refractivity (Wildman–Crippen MR) is 158 cm³/mol. The monoisotopic (exact) mass is 506 g/mol. The Kier molecular flexibility index (Phi) is 8.22. The molecule has 196 valence electrons. The van der Waals surface area contributed by atoms with Gasteiger partial charge >= 0.3 is 0 Å². The van der Waals surface area contributed by atoms with E-state index in [0.29, 0.717) is 18.4 Å². The zero-order chi connectivity index (χ0) is 26.3. The van der Waals surface area contributed by atoms with Crippen LogP contribution >= 0.6 is 0 Å². The quantitative estimate of drug-likeness (QED) is 0.275. The Morgan fingerprint density at radius 3 is 2.26 bits per heavy atom. The molecular weight excluding hydrogens is 468 g/mol. The number of rotatable bonds is 9. The molecule has 2 N–H and O–H groups in total. The molecule has 1 aromatic heterocycles. The number of fused-ring (bicyclic) bond motifs is 1. The van der Waals surface area contributed by atoms with Crippen molar-refractivity contribution < 1.29 is 4.79 Å². The van der Waals surface area contributed by atoms with Crippen molar-refractivity contribution in [3.63, 3.8) is 0 Å². The SMILES string of the molecule is CN(C)c1cc(N[C@H]2CC[C@@H](CNC(=O)C(Cc3ccccc3)c3ccccc3)CC2)nc2ccccc12. The third-order valence-corrected chi connectivity index (χ3v) is 7.74. The molecule has 0 spiro atoms. The summed E-state index contributed by atoms with van der Waals surface area (Å²) in [5.74, 6) is 1.39. The summed E-state index contributed by atoms with van der Waals surface area (Å²) in [6.45, 7) is 0.739. The third-order valence-electron chi connectivity index (χ3n) is 7.74. The van der Waals surface area contributed by atoms with E-state index >= 15 is 0 Å². The maximum absolute atomic E-state index is 13.4. The number of nitrogens with one attached hydrogen (secondary N) is 2. The van der Waals surface area contributed by atoms with Crippen molar-refractivity contribution in [1.82, 2.24) is 10.3 Å². The molecule has 1 aliphatic carbocycles. The van der Waals surface area contributed by atoms with Crippen LogP contribution in [0, 0.1) is 5.92 Å². The van der Waals surface area contributed by atoms with E-state index in [4.69, 9.17) is 4.98 Å². The maximum atomic E-state index is 13.4. The Morgan fingerprint density at radius 2 is 1.55 bits per heavy atom. The Morgan fingerprint density at radius 1 is 0.895 bits per heavy atom. The fourth-order valence-electron chi connectivity index (χ4n) is 5.59. The van der Waals surface area contributed by atoms with Crippen LogP contribution in [0.25, 0.3) is 10.9 Å². The average Bonchev–Trinajstić information content (AvgIpc) is 2.96. The molecule has 0 radical (unpaired) electrons. The summed E-state index contributed by atoms with van der Waals surface area (Å²) in [6.07, 6.45) is 5.07. The molecule has 0 saturated heterocycles. The number of hydrogen-bond acceptors (Lipinski definition) is 4. The number of aromatic nitrogens is 1. The predicted octanol–water partition coefficient (Wildman–Crippen LogP) is 6.41. The largest absolute Gasteiger partial charge is 0.377 e. The first-order chi connectivity index (χ1) is 18.6. The van der Waals surface area contributed by atoms with Gasteiger partial charge in [0, 0.05) is 43.8 Å². The number of nitrogens with zero attached hydrogens (tertiary/aromatic N) is 2. The van der Waals surface area contributed by atoms with Crippen molar-refractivity contribution >= 4 is 28.3 Å². The molecule has 4 aromatic rings. The lowest BCUT2D eigenvalue weighted by molar-refractivity contribution is -0.122. The first-order valence-corrected chi connectivity index (χ1v) is 13.8. The van der Waals surface area contributed by atoms with Crippen LogP contribution in [0.2, 0.25) is 0 Å². The minimum atomic E-state index is -0.179. The molecule has 1 amide bonds. The summed E-state index contributed by atoms with van der Waals surface area (Å²) >= 11 is 0. The first-order valence-electron chi connectivity index (χ1n) is 13.8. The van der Waals surface area contributed by atoms with Gasteiger partial charge in [0.05, 0.1) is 11.4 Å². The highest BCUT2D eigenvalue weighted by Crippen LogP contribution is 2.30. The lowest BCUT2D eigenvalue weighted by atomic mass is 9.85. The van der Waals surface area contributed by atoms with Gasteiger partial charge in [-0.15, -0.1) is 0 Å². The standard InChI is InChI=1S/C33H38N4O/c1-37(2)31-22-32(36-30-16-10-9-15-28(30)31)35-27-19-17-25(18-20-27)23-34-33(38)29(26-13-7-4-8-14-26)21-24-11-5-3-6-12-24/h3-16,22,25,27,29H,17-21,23H2,1-2H3,(H,34,38)(H,35,36)/t25-,27+,29?. The van der Waals surface area contributed by atoms with Crippen LogP contribution < -0.4 is 15.5 Å². The second kappa shape index (κ2) is 12.1. The molecule has 1 saturated carbocycles. The highest BCUT2D eigenvalue weighted by atomic mass is 16.1. The number of benzene rings is 3. The second-order valence-electron chi connectivity index (χ2n) is 10.7. The van der Waals surface area contributed by atoms with E-state index in [2.05, 4.69) is 78.2 Å². The van der Waals surface area contributed by atoms with Gasteiger partial charge in [-0.05, 0) is 55.2 Å². The van der Waals surface area contributed by atoms with E-state index in [1.165, 1.54) is 16.6 Å². The van der Waals surface area contributed by atoms with Gasteiger partial charge in [-0.2, -0.15) is 0 Å². The van der Waals surface area contributed by atoms with E-state index in [-0.39, 0.29) is 11.8 Å². The van der Waals surface area contributed by atoms with Gasteiger partial charge in [0.1, 0.15) is 5.82 Å². The van der Waals surface area contributed by atoms with Crippen molar-refractivity contribution in [2.24, 2.45) is 5.92 Å². The summed E-state index contributed by atoms with van der Waals surface area (Å²) in [5.41, 5.74) is 4.45. The maximum Gasteiger partial charge on any atom is 0.227 e. The van der Waals surface area contributed by atoms with Gasteiger partial charge < -0.3 is 15.5 Å². The summed E-state index contributed by atoms with van der Waals surface area (Å²) in [6, 6.07) is 31.3. The summed E-state index contributed by atoms with van der Waals surface area (Å²) in [7, 11) is 4.15. The molecular formula is C33H38N4O. The van der Waals surface area contributed by atoms with Crippen LogP contribution in [-0.2, 0) is 11.2 Å². The van der Waals surface area contributed by atoms with Gasteiger partial charge in [-0.25, -0.2) is 4.98 Å². The van der Waals surface area contributed by atoms with E-state index < -0.39 is 0 Å². The minimum absolute atomic E-state index is 0.122. The van der Waals surface area contributed by atoms with Gasteiger partial charge in [0.2, 0.25) is 5.91 Å². The van der Waals surface area contributed by atoms with Gasteiger partial charge in [-0.3, -0.25) is 4.79 Å². The number of hydrogen-bond donors (Lipinski definition) is 2. The normalized spacial score (nSPS) is 18.1. The Bertz CT molecular complexity index is 1330. The van der Waals surface area contributed by atoms with Crippen LogP contribution in [-0.4, -0.2) is 37.6 Å². The Labute approximate surface area is 226 Å². The molecule has 1 atom stereocenters. The van der Waals surface area contributed by atoms with Crippen LogP contribution in [0.1, 0.15) is 42.7 Å². The molecule has 0 bridgehead atoms. The minimum Gasteiger partial charge on any atom is -0.377 e. The molecule has 5 nitrogen and oxygen atoms in total. The van der Waals surface area contributed by atoms with E-state index in [1.54, 1.807) is 0 Å². The molecule has 1 heterocycles. The molecule has 0 aliphatic heterocycles. The number of para-hydroxylation sites is 1.